The minimum atomic E-state index is -0.156. The molecule has 1 saturated heterocycles. The van der Waals surface area contributed by atoms with E-state index in [1.54, 1.807) is 6.07 Å². The summed E-state index contributed by atoms with van der Waals surface area (Å²) in [6, 6.07) is 5.63. The van der Waals surface area contributed by atoms with Crippen molar-refractivity contribution >= 4 is 0 Å². The fourth-order valence-electron chi connectivity index (χ4n) is 2.28. The Bertz CT molecular complexity index is 378. The number of halogens is 1. The van der Waals surface area contributed by atoms with Gasteiger partial charge >= 0.3 is 0 Å². The third-order valence-electron chi connectivity index (χ3n) is 3.63. The molecular formula is C13H19FN2. The molecule has 1 aliphatic heterocycles. The predicted molar refractivity (Wildman–Crippen MR) is 63.6 cm³/mol. The summed E-state index contributed by atoms with van der Waals surface area (Å²) in [5.41, 5.74) is 8.19. The Labute approximate surface area is 96.2 Å². The van der Waals surface area contributed by atoms with Crippen LogP contribution in [0, 0.1) is 12.7 Å². The van der Waals surface area contributed by atoms with Crippen LogP contribution in [0.1, 0.15) is 24.5 Å². The summed E-state index contributed by atoms with van der Waals surface area (Å²) in [6.45, 7) is 5.98. The van der Waals surface area contributed by atoms with Crippen molar-refractivity contribution in [2.45, 2.75) is 38.9 Å². The van der Waals surface area contributed by atoms with Crippen molar-refractivity contribution in [2.75, 3.05) is 6.54 Å². The van der Waals surface area contributed by atoms with Gasteiger partial charge in [0.25, 0.3) is 0 Å². The van der Waals surface area contributed by atoms with Crippen molar-refractivity contribution in [1.29, 1.82) is 0 Å². The zero-order valence-corrected chi connectivity index (χ0v) is 9.91. The van der Waals surface area contributed by atoms with Crippen LogP contribution in [0.2, 0.25) is 0 Å². The number of benzene rings is 1. The van der Waals surface area contributed by atoms with Crippen molar-refractivity contribution in [3.8, 4) is 0 Å². The second kappa shape index (κ2) is 4.52. The summed E-state index contributed by atoms with van der Waals surface area (Å²) in [6.07, 6.45) is 1.04. The largest absolute Gasteiger partial charge is 0.326 e. The fourth-order valence-corrected chi connectivity index (χ4v) is 2.28. The lowest BCUT2D eigenvalue weighted by Crippen LogP contribution is -2.36. The molecule has 0 aliphatic carbocycles. The first-order valence-corrected chi connectivity index (χ1v) is 5.82. The molecule has 1 fully saturated rings. The first kappa shape index (κ1) is 11.6. The van der Waals surface area contributed by atoms with E-state index in [1.807, 2.05) is 13.0 Å². The first-order chi connectivity index (χ1) is 7.58. The number of hydrogen-bond donors (Lipinski definition) is 1. The molecule has 16 heavy (non-hydrogen) atoms. The number of likely N-dealkylation sites (tertiary alicyclic amines) is 1. The molecule has 2 unspecified atom stereocenters. The number of rotatable bonds is 2. The smallest absolute Gasteiger partial charge is 0.123 e. The van der Waals surface area contributed by atoms with Gasteiger partial charge in [0, 0.05) is 25.2 Å². The number of hydrogen-bond acceptors (Lipinski definition) is 2. The minimum Gasteiger partial charge on any atom is -0.326 e. The van der Waals surface area contributed by atoms with E-state index in [-0.39, 0.29) is 11.9 Å². The lowest BCUT2D eigenvalue weighted by atomic mass is 10.1. The van der Waals surface area contributed by atoms with Gasteiger partial charge in [0.15, 0.2) is 0 Å². The Balaban J connectivity index is 2.12. The Morgan fingerprint density at radius 3 is 2.88 bits per heavy atom. The van der Waals surface area contributed by atoms with E-state index in [0.29, 0.717) is 6.04 Å². The summed E-state index contributed by atoms with van der Waals surface area (Å²) in [5, 5.41) is 0. The molecule has 3 heteroatoms. The van der Waals surface area contributed by atoms with E-state index in [4.69, 9.17) is 5.73 Å². The lowest BCUT2D eigenvalue weighted by molar-refractivity contribution is 0.251. The molecule has 0 spiro atoms. The molecule has 2 N–H and O–H groups in total. The van der Waals surface area contributed by atoms with Gasteiger partial charge in [-0.05, 0) is 43.5 Å². The van der Waals surface area contributed by atoms with Crippen LogP contribution in [0.15, 0.2) is 18.2 Å². The van der Waals surface area contributed by atoms with Crippen molar-refractivity contribution in [1.82, 2.24) is 4.90 Å². The molecule has 0 bridgehead atoms. The van der Waals surface area contributed by atoms with Crippen LogP contribution in [0.4, 0.5) is 4.39 Å². The maximum atomic E-state index is 13.2. The van der Waals surface area contributed by atoms with Gasteiger partial charge in [0.2, 0.25) is 0 Å². The van der Waals surface area contributed by atoms with Crippen LogP contribution in [0.5, 0.6) is 0 Å². The quantitative estimate of drug-likeness (QED) is 0.830. The van der Waals surface area contributed by atoms with Gasteiger partial charge in [0.05, 0.1) is 0 Å². The van der Waals surface area contributed by atoms with Gasteiger partial charge in [-0.25, -0.2) is 4.39 Å². The van der Waals surface area contributed by atoms with Gasteiger partial charge in [-0.1, -0.05) is 6.07 Å². The summed E-state index contributed by atoms with van der Waals surface area (Å²) in [4.78, 5) is 2.33. The molecule has 1 heterocycles. The van der Waals surface area contributed by atoms with E-state index in [0.717, 1.165) is 30.6 Å². The van der Waals surface area contributed by atoms with Crippen LogP contribution in [0.3, 0.4) is 0 Å². The van der Waals surface area contributed by atoms with Gasteiger partial charge in [-0.15, -0.1) is 0 Å². The van der Waals surface area contributed by atoms with Crippen molar-refractivity contribution in [3.05, 3.63) is 35.1 Å². The highest BCUT2D eigenvalue weighted by Crippen LogP contribution is 2.20. The van der Waals surface area contributed by atoms with E-state index >= 15 is 0 Å². The number of aryl methyl sites for hydroxylation is 1. The molecule has 1 aliphatic rings. The average molecular weight is 222 g/mol. The van der Waals surface area contributed by atoms with E-state index in [1.165, 1.54) is 6.07 Å². The molecule has 0 saturated carbocycles. The Kier molecular flexibility index (Phi) is 3.26. The van der Waals surface area contributed by atoms with Gasteiger partial charge in [0.1, 0.15) is 5.82 Å². The predicted octanol–water partition coefficient (Wildman–Crippen LogP) is 2.06. The van der Waals surface area contributed by atoms with E-state index < -0.39 is 0 Å². The molecule has 1 aromatic rings. The second-order valence-corrected chi connectivity index (χ2v) is 4.73. The third kappa shape index (κ3) is 2.25. The van der Waals surface area contributed by atoms with Gasteiger partial charge < -0.3 is 5.73 Å². The molecule has 88 valence electrons. The minimum absolute atomic E-state index is 0.156. The van der Waals surface area contributed by atoms with Crippen LogP contribution in [0.25, 0.3) is 0 Å². The van der Waals surface area contributed by atoms with Crippen molar-refractivity contribution < 1.29 is 4.39 Å². The average Bonchev–Trinajstić information content (AvgIpc) is 2.55. The van der Waals surface area contributed by atoms with Crippen LogP contribution < -0.4 is 5.73 Å². The molecule has 0 amide bonds. The molecule has 1 aromatic carbocycles. The summed E-state index contributed by atoms with van der Waals surface area (Å²) in [5.74, 6) is -0.156. The maximum Gasteiger partial charge on any atom is 0.123 e. The number of nitrogens with two attached hydrogens (primary N) is 1. The zero-order valence-electron chi connectivity index (χ0n) is 9.91. The highest BCUT2D eigenvalue weighted by Gasteiger charge is 2.27. The normalized spacial score (nSPS) is 26.2. The Hall–Kier alpha value is -0.930. The highest BCUT2D eigenvalue weighted by molar-refractivity contribution is 5.26. The molecular weight excluding hydrogens is 203 g/mol. The monoisotopic (exact) mass is 222 g/mol. The Morgan fingerprint density at radius 2 is 2.25 bits per heavy atom. The zero-order chi connectivity index (χ0) is 11.7. The molecule has 2 nitrogen and oxygen atoms in total. The second-order valence-electron chi connectivity index (χ2n) is 4.73. The standard InChI is InChI=1S/C13H19FN2/c1-9-3-4-12(14)7-11(9)8-16-6-5-13(15)10(16)2/h3-4,7,10,13H,5-6,8,15H2,1-2H3. The fraction of sp³-hybridized carbons (Fsp3) is 0.538. The molecule has 0 radical (unpaired) electrons. The summed E-state index contributed by atoms with van der Waals surface area (Å²) >= 11 is 0. The third-order valence-corrected chi connectivity index (χ3v) is 3.63. The van der Waals surface area contributed by atoms with Crippen LogP contribution >= 0.6 is 0 Å². The van der Waals surface area contributed by atoms with Crippen LogP contribution in [-0.4, -0.2) is 23.5 Å². The first-order valence-electron chi connectivity index (χ1n) is 5.82. The SMILES string of the molecule is Cc1ccc(F)cc1CN1CCC(N)C1C. The number of nitrogens with zero attached hydrogens (tertiary/aromatic N) is 1. The van der Waals surface area contributed by atoms with Crippen molar-refractivity contribution in [3.63, 3.8) is 0 Å². The lowest BCUT2D eigenvalue weighted by Gasteiger charge is -2.23. The highest BCUT2D eigenvalue weighted by atomic mass is 19.1. The summed E-state index contributed by atoms with van der Waals surface area (Å²) < 4.78 is 13.2. The van der Waals surface area contributed by atoms with Crippen LogP contribution in [-0.2, 0) is 6.54 Å². The van der Waals surface area contributed by atoms with E-state index in [2.05, 4.69) is 11.8 Å². The molecule has 2 atom stereocenters. The topological polar surface area (TPSA) is 29.3 Å². The maximum absolute atomic E-state index is 13.2. The molecule has 0 aromatic heterocycles. The van der Waals surface area contributed by atoms with E-state index in [9.17, 15) is 4.39 Å². The van der Waals surface area contributed by atoms with Crippen molar-refractivity contribution in [2.24, 2.45) is 5.73 Å². The van der Waals surface area contributed by atoms with Gasteiger partial charge in [-0.2, -0.15) is 0 Å². The molecule has 2 rings (SSSR count). The summed E-state index contributed by atoms with van der Waals surface area (Å²) in [7, 11) is 0. The van der Waals surface area contributed by atoms with Gasteiger partial charge in [-0.3, -0.25) is 4.90 Å². The Morgan fingerprint density at radius 1 is 1.50 bits per heavy atom.